The lowest BCUT2D eigenvalue weighted by Gasteiger charge is -2.17. The van der Waals surface area contributed by atoms with Crippen LogP contribution in [0, 0.1) is 12.7 Å². The van der Waals surface area contributed by atoms with Crippen LogP contribution in [0.4, 0.5) is 4.39 Å². The maximum Gasteiger partial charge on any atom is 0.279 e. The van der Waals surface area contributed by atoms with Gasteiger partial charge in [-0.3, -0.25) is 20.4 Å². The van der Waals surface area contributed by atoms with E-state index in [4.69, 9.17) is 21.1 Å². The fourth-order valence-electron chi connectivity index (χ4n) is 2.43. The van der Waals surface area contributed by atoms with Gasteiger partial charge in [0.1, 0.15) is 17.3 Å². The van der Waals surface area contributed by atoms with Crippen molar-refractivity contribution in [2.24, 2.45) is 0 Å². The minimum absolute atomic E-state index is 0.162. The number of amides is 2. The predicted octanol–water partition coefficient (Wildman–Crippen LogP) is 3.90. The summed E-state index contributed by atoms with van der Waals surface area (Å²) in [5.41, 5.74) is 6.27. The van der Waals surface area contributed by atoms with E-state index in [0.717, 1.165) is 11.1 Å². The standard InChI is InChI=1S/C21H24ClFN2O4/c1-12(2)17-10-18(22)13(3)9-19(17)28-11-20(26)24-25-21(27)14(4)29-16-7-5-15(23)6-8-16/h5-10,12,14H,11H2,1-4H3,(H,24,26)(H,25,27)/t14-/m0/s1. The minimum Gasteiger partial charge on any atom is -0.483 e. The Kier molecular flexibility index (Phi) is 7.84. The molecule has 29 heavy (non-hydrogen) atoms. The molecule has 6 nitrogen and oxygen atoms in total. The molecule has 2 amide bonds. The van der Waals surface area contributed by atoms with Crippen molar-refractivity contribution < 1.29 is 23.5 Å². The van der Waals surface area contributed by atoms with Crippen molar-refractivity contribution in [1.82, 2.24) is 10.9 Å². The molecule has 2 aromatic carbocycles. The van der Waals surface area contributed by atoms with Gasteiger partial charge in [0, 0.05) is 5.02 Å². The SMILES string of the molecule is Cc1cc(OCC(=O)NNC(=O)[C@H](C)Oc2ccc(F)cc2)c(C(C)C)cc1Cl. The highest BCUT2D eigenvalue weighted by atomic mass is 35.5. The normalized spacial score (nSPS) is 11.7. The first kappa shape index (κ1) is 22.5. The number of hydrazine groups is 1. The number of rotatable bonds is 7. The molecule has 0 aliphatic heterocycles. The molecule has 1 atom stereocenters. The second-order valence-corrected chi connectivity index (χ2v) is 7.24. The van der Waals surface area contributed by atoms with Crippen molar-refractivity contribution in [2.75, 3.05) is 6.61 Å². The summed E-state index contributed by atoms with van der Waals surface area (Å²) >= 11 is 6.16. The molecule has 0 aliphatic rings. The quantitative estimate of drug-likeness (QED) is 0.663. The zero-order valence-corrected chi connectivity index (χ0v) is 17.5. The van der Waals surface area contributed by atoms with Gasteiger partial charge in [0.05, 0.1) is 0 Å². The van der Waals surface area contributed by atoms with E-state index in [1.165, 1.54) is 31.2 Å². The van der Waals surface area contributed by atoms with E-state index < -0.39 is 23.7 Å². The summed E-state index contributed by atoms with van der Waals surface area (Å²) in [7, 11) is 0. The van der Waals surface area contributed by atoms with E-state index in [-0.39, 0.29) is 12.5 Å². The molecule has 0 aliphatic carbocycles. The number of hydrogen-bond donors (Lipinski definition) is 2. The van der Waals surface area contributed by atoms with Gasteiger partial charge in [0.15, 0.2) is 12.7 Å². The molecule has 0 fully saturated rings. The summed E-state index contributed by atoms with van der Waals surface area (Å²) < 4.78 is 23.9. The van der Waals surface area contributed by atoms with Crippen molar-refractivity contribution in [1.29, 1.82) is 0 Å². The van der Waals surface area contributed by atoms with Crippen LogP contribution in [0.2, 0.25) is 5.02 Å². The van der Waals surface area contributed by atoms with Crippen molar-refractivity contribution in [3.63, 3.8) is 0 Å². The van der Waals surface area contributed by atoms with Gasteiger partial charge in [-0.25, -0.2) is 4.39 Å². The van der Waals surface area contributed by atoms with Crippen LogP contribution in [0.25, 0.3) is 0 Å². The summed E-state index contributed by atoms with van der Waals surface area (Å²) in [6.07, 6.45) is -0.895. The van der Waals surface area contributed by atoms with E-state index in [1.54, 1.807) is 6.07 Å². The van der Waals surface area contributed by atoms with Crippen LogP contribution in [0.3, 0.4) is 0 Å². The molecule has 0 bridgehead atoms. The lowest BCUT2D eigenvalue weighted by Crippen LogP contribution is -2.48. The zero-order valence-electron chi connectivity index (χ0n) is 16.7. The van der Waals surface area contributed by atoms with E-state index >= 15 is 0 Å². The van der Waals surface area contributed by atoms with Gasteiger partial charge in [0.25, 0.3) is 11.8 Å². The van der Waals surface area contributed by atoms with Crippen LogP contribution in [0.5, 0.6) is 11.5 Å². The zero-order chi connectivity index (χ0) is 21.6. The van der Waals surface area contributed by atoms with Crippen molar-refractivity contribution >= 4 is 23.4 Å². The van der Waals surface area contributed by atoms with E-state index in [9.17, 15) is 14.0 Å². The summed E-state index contributed by atoms with van der Waals surface area (Å²) in [6.45, 7) is 7.07. The molecule has 0 heterocycles. The van der Waals surface area contributed by atoms with Crippen molar-refractivity contribution in [2.45, 2.75) is 39.7 Å². The second-order valence-electron chi connectivity index (χ2n) is 6.83. The Labute approximate surface area is 174 Å². The number of hydrogen-bond acceptors (Lipinski definition) is 4. The van der Waals surface area contributed by atoms with Gasteiger partial charge < -0.3 is 9.47 Å². The molecule has 0 saturated heterocycles. The topological polar surface area (TPSA) is 76.7 Å². The van der Waals surface area contributed by atoms with Gasteiger partial charge in [-0.15, -0.1) is 0 Å². The fourth-order valence-corrected chi connectivity index (χ4v) is 2.60. The van der Waals surface area contributed by atoms with Gasteiger partial charge in [-0.1, -0.05) is 25.4 Å². The molecule has 0 aromatic heterocycles. The molecule has 2 rings (SSSR count). The van der Waals surface area contributed by atoms with Crippen molar-refractivity contribution in [3.8, 4) is 11.5 Å². The van der Waals surface area contributed by atoms with Crippen LogP contribution in [0.15, 0.2) is 36.4 Å². The van der Waals surface area contributed by atoms with Crippen LogP contribution in [0.1, 0.15) is 37.8 Å². The fraction of sp³-hybridized carbons (Fsp3) is 0.333. The lowest BCUT2D eigenvalue weighted by molar-refractivity contribution is -0.133. The monoisotopic (exact) mass is 422 g/mol. The second kappa shape index (κ2) is 10.1. The molecule has 0 saturated carbocycles. The lowest BCUT2D eigenvalue weighted by atomic mass is 10.0. The minimum atomic E-state index is -0.895. The number of ether oxygens (including phenoxy) is 2. The predicted molar refractivity (Wildman–Crippen MR) is 109 cm³/mol. The number of carbonyl (C=O) groups excluding carboxylic acids is 2. The van der Waals surface area contributed by atoms with Crippen molar-refractivity contribution in [3.05, 3.63) is 58.4 Å². The maximum atomic E-state index is 12.9. The third-order valence-corrected chi connectivity index (χ3v) is 4.50. The Bertz CT molecular complexity index is 872. The van der Waals surface area contributed by atoms with E-state index in [0.29, 0.717) is 16.5 Å². The average Bonchev–Trinajstić information content (AvgIpc) is 2.68. The molecule has 2 aromatic rings. The third kappa shape index (κ3) is 6.64. The van der Waals surface area contributed by atoms with E-state index in [1.807, 2.05) is 26.8 Å². The largest absolute Gasteiger partial charge is 0.483 e. The molecule has 0 radical (unpaired) electrons. The smallest absolute Gasteiger partial charge is 0.279 e. The van der Waals surface area contributed by atoms with Gasteiger partial charge in [-0.05, 0) is 67.3 Å². The van der Waals surface area contributed by atoms with Crippen LogP contribution in [-0.4, -0.2) is 24.5 Å². The number of carbonyl (C=O) groups is 2. The van der Waals surface area contributed by atoms with E-state index in [2.05, 4.69) is 10.9 Å². The molecule has 156 valence electrons. The summed E-state index contributed by atoms with van der Waals surface area (Å²) in [5.74, 6) is -0.435. The Morgan fingerprint density at radius 1 is 1.10 bits per heavy atom. The van der Waals surface area contributed by atoms with Gasteiger partial charge >= 0.3 is 0 Å². The number of aryl methyl sites for hydroxylation is 1. The number of nitrogens with one attached hydrogen (secondary N) is 2. The Balaban J connectivity index is 1.84. The molecule has 0 unspecified atom stereocenters. The highest BCUT2D eigenvalue weighted by Crippen LogP contribution is 2.31. The molecule has 2 N–H and O–H groups in total. The number of halogens is 2. The van der Waals surface area contributed by atoms with Gasteiger partial charge in [-0.2, -0.15) is 0 Å². The van der Waals surface area contributed by atoms with Crippen LogP contribution < -0.4 is 20.3 Å². The summed E-state index contributed by atoms with van der Waals surface area (Å²) in [4.78, 5) is 24.1. The first-order chi connectivity index (χ1) is 13.7. The molecule has 0 spiro atoms. The maximum absolute atomic E-state index is 12.9. The number of benzene rings is 2. The van der Waals surface area contributed by atoms with Crippen LogP contribution >= 0.6 is 11.6 Å². The van der Waals surface area contributed by atoms with Gasteiger partial charge in [0.2, 0.25) is 0 Å². The van der Waals surface area contributed by atoms with Crippen LogP contribution in [-0.2, 0) is 9.59 Å². The summed E-state index contributed by atoms with van der Waals surface area (Å²) in [6, 6.07) is 8.87. The molecular weight excluding hydrogens is 399 g/mol. The Hall–Kier alpha value is -2.80. The highest BCUT2D eigenvalue weighted by molar-refractivity contribution is 6.31. The highest BCUT2D eigenvalue weighted by Gasteiger charge is 2.16. The molecule has 8 heteroatoms. The molecular formula is C21H24ClFN2O4. The first-order valence-corrected chi connectivity index (χ1v) is 9.49. The Morgan fingerprint density at radius 3 is 2.38 bits per heavy atom. The average molecular weight is 423 g/mol. The third-order valence-electron chi connectivity index (χ3n) is 4.09. The first-order valence-electron chi connectivity index (χ1n) is 9.11. The Morgan fingerprint density at radius 2 is 1.76 bits per heavy atom. The summed E-state index contributed by atoms with van der Waals surface area (Å²) in [5, 5.41) is 0.632.